The van der Waals surface area contributed by atoms with E-state index in [1.165, 1.54) is 0 Å². The largest absolute Gasteiger partial charge is 0.420 e. The zero-order chi connectivity index (χ0) is 23.8. The van der Waals surface area contributed by atoms with Gasteiger partial charge >= 0.3 is 0 Å². The van der Waals surface area contributed by atoms with E-state index in [-0.39, 0.29) is 5.92 Å². The maximum absolute atomic E-state index is 9.18. The van der Waals surface area contributed by atoms with Crippen LogP contribution in [0.5, 0.6) is 11.8 Å². The molecular formula is C27H28N6O2. The number of nitrogens with one attached hydrogen (secondary N) is 1. The quantitative estimate of drug-likeness (QED) is 0.427. The molecule has 4 heterocycles. The van der Waals surface area contributed by atoms with Gasteiger partial charge < -0.3 is 14.0 Å². The van der Waals surface area contributed by atoms with E-state index in [2.05, 4.69) is 17.0 Å². The first-order chi connectivity index (χ1) is 17.2. The first-order valence-electron chi connectivity index (χ1n) is 12.0. The zero-order valence-corrected chi connectivity index (χ0v) is 19.7. The number of para-hydroxylation sites is 1. The first kappa shape index (κ1) is 21.8. The van der Waals surface area contributed by atoms with Crippen LogP contribution in [0.3, 0.4) is 0 Å². The number of rotatable bonds is 5. The summed E-state index contributed by atoms with van der Waals surface area (Å²) in [4.78, 5) is 7.07. The van der Waals surface area contributed by atoms with E-state index >= 15 is 0 Å². The van der Waals surface area contributed by atoms with Crippen molar-refractivity contribution >= 4 is 0 Å². The highest BCUT2D eigenvalue weighted by Crippen LogP contribution is 2.47. The van der Waals surface area contributed by atoms with Crippen molar-refractivity contribution in [2.45, 2.75) is 19.4 Å². The Morgan fingerprint density at radius 1 is 0.943 bits per heavy atom. The van der Waals surface area contributed by atoms with Crippen LogP contribution in [0.25, 0.3) is 5.69 Å². The molecular weight excluding hydrogens is 440 g/mol. The number of aromatic nitrogens is 4. The fourth-order valence-electron chi connectivity index (χ4n) is 5.00. The second kappa shape index (κ2) is 9.13. The van der Waals surface area contributed by atoms with Gasteiger partial charge in [0.2, 0.25) is 11.8 Å². The zero-order valence-electron chi connectivity index (χ0n) is 19.7. The summed E-state index contributed by atoms with van der Waals surface area (Å²) in [6.07, 6.45) is 1.73. The molecule has 6 rings (SSSR count). The number of benzene rings is 2. The predicted molar refractivity (Wildman–Crippen MR) is 131 cm³/mol. The molecule has 0 saturated carbocycles. The van der Waals surface area contributed by atoms with Gasteiger partial charge in [-0.1, -0.05) is 48.5 Å². The van der Waals surface area contributed by atoms with Crippen molar-refractivity contribution in [3.63, 3.8) is 0 Å². The van der Waals surface area contributed by atoms with Gasteiger partial charge in [0.05, 0.1) is 41.6 Å². The van der Waals surface area contributed by atoms with E-state index in [0.29, 0.717) is 23.8 Å². The van der Waals surface area contributed by atoms with Gasteiger partial charge in [-0.05, 0) is 24.6 Å². The van der Waals surface area contributed by atoms with Crippen LogP contribution in [0, 0.1) is 12.3 Å². The second-order valence-corrected chi connectivity index (χ2v) is 8.96. The monoisotopic (exact) mass is 468 g/mol. The molecule has 1 atom stereocenters. The molecule has 0 bridgehead atoms. The predicted octanol–water partition coefficient (Wildman–Crippen LogP) is 3.47. The van der Waals surface area contributed by atoms with Gasteiger partial charge in [-0.15, -0.1) is 0 Å². The molecule has 2 aliphatic heterocycles. The SMILES string of the molecule is Cc1nn(-c2ccccc2)c2c1[C@H](c1ccccc1)c1c(ncn(CCN3CCOCC3)c1=N)O2. The second-order valence-electron chi connectivity index (χ2n) is 8.96. The minimum absolute atomic E-state index is 0.191. The Hall–Kier alpha value is -3.75. The van der Waals surface area contributed by atoms with Crippen LogP contribution in [-0.2, 0) is 11.3 Å². The molecule has 2 aromatic carbocycles. The van der Waals surface area contributed by atoms with E-state index in [4.69, 9.17) is 19.6 Å². The summed E-state index contributed by atoms with van der Waals surface area (Å²) in [6, 6.07) is 20.3. The summed E-state index contributed by atoms with van der Waals surface area (Å²) in [7, 11) is 0. The van der Waals surface area contributed by atoms with E-state index < -0.39 is 0 Å². The minimum Gasteiger partial charge on any atom is -0.420 e. The Labute approximate surface area is 203 Å². The summed E-state index contributed by atoms with van der Waals surface area (Å²) >= 11 is 0. The Bertz CT molecular complexity index is 1390. The van der Waals surface area contributed by atoms with E-state index in [1.54, 1.807) is 6.33 Å². The number of morpholine rings is 1. The topological polar surface area (TPSA) is 81.2 Å². The Morgan fingerprint density at radius 3 is 2.40 bits per heavy atom. The third-order valence-electron chi connectivity index (χ3n) is 6.81. The molecule has 4 aromatic rings. The van der Waals surface area contributed by atoms with Crippen molar-refractivity contribution in [1.82, 2.24) is 24.2 Å². The Balaban J connectivity index is 1.46. The van der Waals surface area contributed by atoms with Crippen LogP contribution in [0.1, 0.15) is 28.3 Å². The van der Waals surface area contributed by atoms with Crippen molar-refractivity contribution in [3.05, 3.63) is 94.9 Å². The summed E-state index contributed by atoms with van der Waals surface area (Å²) < 4.78 is 15.6. The summed E-state index contributed by atoms with van der Waals surface area (Å²) in [5.41, 5.74) is 5.09. The standard InChI is InChI=1S/C27H28N6O2/c1-19-22-23(20-8-4-2-5-9-20)24-25(28)32(13-12-31-14-16-34-17-15-31)18-29-26(24)35-27(22)33(30-19)21-10-6-3-7-11-21/h2-11,18,23,28H,12-17H2,1H3/t23-/m0/s1. The highest BCUT2D eigenvalue weighted by Gasteiger charge is 2.37. The molecule has 0 aliphatic carbocycles. The van der Waals surface area contributed by atoms with Gasteiger partial charge in [-0.25, -0.2) is 9.67 Å². The molecule has 8 nitrogen and oxygen atoms in total. The first-order valence-corrected chi connectivity index (χ1v) is 12.0. The summed E-state index contributed by atoms with van der Waals surface area (Å²) in [5.74, 6) is 0.937. The fraction of sp³-hybridized carbons (Fsp3) is 0.296. The van der Waals surface area contributed by atoms with Crippen LogP contribution in [0.15, 0.2) is 67.0 Å². The molecule has 1 saturated heterocycles. The normalized spacial score (nSPS) is 17.5. The number of fused-ring (bicyclic) bond motifs is 2. The molecule has 1 fully saturated rings. The smallest absolute Gasteiger partial charge is 0.230 e. The number of hydrogen-bond acceptors (Lipinski definition) is 6. The van der Waals surface area contributed by atoms with E-state index in [9.17, 15) is 5.41 Å². The molecule has 0 radical (unpaired) electrons. The molecule has 35 heavy (non-hydrogen) atoms. The van der Waals surface area contributed by atoms with E-state index in [0.717, 1.165) is 60.9 Å². The van der Waals surface area contributed by atoms with Crippen LogP contribution >= 0.6 is 0 Å². The molecule has 0 unspecified atom stereocenters. The lowest BCUT2D eigenvalue weighted by Gasteiger charge is -2.29. The van der Waals surface area contributed by atoms with Gasteiger partial charge in [-0.3, -0.25) is 10.3 Å². The lowest BCUT2D eigenvalue weighted by atomic mass is 9.84. The van der Waals surface area contributed by atoms with Crippen LogP contribution in [0.2, 0.25) is 0 Å². The number of aryl methyl sites for hydroxylation is 1. The minimum atomic E-state index is -0.191. The molecule has 178 valence electrons. The third-order valence-corrected chi connectivity index (χ3v) is 6.81. The highest BCUT2D eigenvalue weighted by molar-refractivity contribution is 5.57. The molecule has 0 spiro atoms. The van der Waals surface area contributed by atoms with Crippen molar-refractivity contribution in [2.75, 3.05) is 32.8 Å². The van der Waals surface area contributed by atoms with Gasteiger partial charge in [0.25, 0.3) is 0 Å². The van der Waals surface area contributed by atoms with Crippen molar-refractivity contribution in [3.8, 4) is 17.4 Å². The Kier molecular flexibility index (Phi) is 5.67. The summed E-state index contributed by atoms with van der Waals surface area (Å²) in [5, 5.41) is 14.0. The number of hydrogen-bond donors (Lipinski definition) is 1. The fourth-order valence-corrected chi connectivity index (χ4v) is 5.00. The molecule has 1 N–H and O–H groups in total. The number of nitrogens with zero attached hydrogens (tertiary/aromatic N) is 5. The van der Waals surface area contributed by atoms with Crippen molar-refractivity contribution in [2.24, 2.45) is 0 Å². The van der Waals surface area contributed by atoms with E-state index in [1.807, 2.05) is 64.7 Å². The third kappa shape index (κ3) is 3.94. The summed E-state index contributed by atoms with van der Waals surface area (Å²) in [6.45, 7) is 6.92. The average molecular weight is 469 g/mol. The van der Waals surface area contributed by atoms with Gasteiger partial charge in [0.1, 0.15) is 11.8 Å². The van der Waals surface area contributed by atoms with Crippen molar-refractivity contribution in [1.29, 1.82) is 5.41 Å². The molecule has 0 amide bonds. The van der Waals surface area contributed by atoms with Crippen LogP contribution < -0.4 is 10.2 Å². The average Bonchev–Trinajstić information content (AvgIpc) is 3.24. The van der Waals surface area contributed by atoms with Gasteiger partial charge in [0, 0.05) is 26.2 Å². The lowest BCUT2D eigenvalue weighted by molar-refractivity contribution is 0.0362. The highest BCUT2D eigenvalue weighted by atomic mass is 16.5. The maximum atomic E-state index is 9.18. The molecule has 2 aromatic heterocycles. The van der Waals surface area contributed by atoms with Crippen LogP contribution in [-0.4, -0.2) is 57.1 Å². The van der Waals surface area contributed by atoms with Gasteiger partial charge in [0.15, 0.2) is 0 Å². The lowest BCUT2D eigenvalue weighted by Crippen LogP contribution is -2.40. The van der Waals surface area contributed by atoms with Crippen LogP contribution in [0.4, 0.5) is 0 Å². The Morgan fingerprint density at radius 2 is 1.66 bits per heavy atom. The maximum Gasteiger partial charge on any atom is 0.230 e. The molecule has 8 heteroatoms. The van der Waals surface area contributed by atoms with Gasteiger partial charge in [-0.2, -0.15) is 5.10 Å². The van der Waals surface area contributed by atoms with Crippen molar-refractivity contribution < 1.29 is 9.47 Å². The molecule has 2 aliphatic rings. The number of ether oxygens (including phenoxy) is 2.